The summed E-state index contributed by atoms with van der Waals surface area (Å²) in [7, 11) is 1.67. The van der Waals surface area contributed by atoms with E-state index in [1.54, 1.807) is 7.11 Å². The first-order valence-electron chi connectivity index (χ1n) is 9.71. The van der Waals surface area contributed by atoms with Gasteiger partial charge in [-0.25, -0.2) is 4.79 Å². The number of rotatable bonds is 8. The largest absolute Gasteiger partial charge is 0.380 e. The van der Waals surface area contributed by atoms with E-state index in [0.717, 1.165) is 49.5 Å². The van der Waals surface area contributed by atoms with Gasteiger partial charge in [-0.1, -0.05) is 54.6 Å². The summed E-state index contributed by atoms with van der Waals surface area (Å²) >= 11 is 0. The van der Waals surface area contributed by atoms with Crippen molar-refractivity contribution in [2.45, 2.75) is 19.2 Å². The van der Waals surface area contributed by atoms with Crippen molar-refractivity contribution in [1.29, 1.82) is 0 Å². The quantitative estimate of drug-likeness (QED) is 0.736. The number of nitrogens with one attached hydrogen (secondary N) is 2. The van der Waals surface area contributed by atoms with E-state index in [1.165, 1.54) is 0 Å². The number of nitrogens with zero attached hydrogens (tertiary/aromatic N) is 1. The molecule has 28 heavy (non-hydrogen) atoms. The van der Waals surface area contributed by atoms with E-state index in [0.29, 0.717) is 13.2 Å². The lowest BCUT2D eigenvalue weighted by atomic mass is 10.1. The molecule has 0 aliphatic carbocycles. The van der Waals surface area contributed by atoms with Crippen LogP contribution in [-0.2, 0) is 22.6 Å². The van der Waals surface area contributed by atoms with Crippen molar-refractivity contribution in [3.63, 3.8) is 0 Å². The van der Waals surface area contributed by atoms with Crippen LogP contribution in [0.2, 0.25) is 0 Å². The lowest BCUT2D eigenvalue weighted by Crippen LogP contribution is -2.45. The number of urea groups is 1. The average Bonchev–Trinajstić information content (AvgIpc) is 2.74. The van der Waals surface area contributed by atoms with Crippen molar-refractivity contribution in [1.82, 2.24) is 15.5 Å². The minimum absolute atomic E-state index is 0.0754. The molecular weight excluding hydrogens is 354 g/mol. The Hall–Kier alpha value is -2.41. The van der Waals surface area contributed by atoms with E-state index < -0.39 is 0 Å². The molecule has 0 aromatic heterocycles. The zero-order chi connectivity index (χ0) is 19.6. The van der Waals surface area contributed by atoms with Crippen molar-refractivity contribution in [3.05, 3.63) is 71.3 Å². The Morgan fingerprint density at radius 2 is 1.75 bits per heavy atom. The van der Waals surface area contributed by atoms with Crippen molar-refractivity contribution in [2.75, 3.05) is 40.0 Å². The zero-order valence-electron chi connectivity index (χ0n) is 16.4. The number of ether oxygens (including phenoxy) is 2. The first kappa shape index (κ1) is 20.3. The third kappa shape index (κ3) is 6.05. The highest BCUT2D eigenvalue weighted by Gasteiger charge is 2.20. The molecule has 2 aromatic carbocycles. The van der Waals surface area contributed by atoms with Gasteiger partial charge in [0.05, 0.1) is 25.9 Å². The van der Waals surface area contributed by atoms with Crippen LogP contribution in [0.25, 0.3) is 0 Å². The molecule has 1 aliphatic heterocycles. The number of hydrogen-bond acceptors (Lipinski definition) is 4. The van der Waals surface area contributed by atoms with Gasteiger partial charge in [0.25, 0.3) is 0 Å². The predicted molar refractivity (Wildman–Crippen MR) is 109 cm³/mol. The Morgan fingerprint density at radius 1 is 1.07 bits per heavy atom. The van der Waals surface area contributed by atoms with Gasteiger partial charge in [0, 0.05) is 33.3 Å². The van der Waals surface area contributed by atoms with Gasteiger partial charge in [0.2, 0.25) is 0 Å². The molecule has 0 spiro atoms. The second-order valence-electron chi connectivity index (χ2n) is 6.90. The van der Waals surface area contributed by atoms with Gasteiger partial charge in [0.15, 0.2) is 0 Å². The van der Waals surface area contributed by atoms with Crippen LogP contribution in [0.5, 0.6) is 0 Å². The monoisotopic (exact) mass is 383 g/mol. The fourth-order valence-corrected chi connectivity index (χ4v) is 3.37. The number of benzene rings is 2. The molecule has 1 atom stereocenters. The number of morpholine rings is 1. The molecule has 2 aromatic rings. The van der Waals surface area contributed by atoms with Crippen molar-refractivity contribution >= 4 is 6.03 Å². The SMILES string of the molecule is COCc1ccccc1CNC(=O)NC(CN1CCOCC1)c1ccccc1. The van der Waals surface area contributed by atoms with Crippen LogP contribution in [0.3, 0.4) is 0 Å². The van der Waals surface area contributed by atoms with Crippen molar-refractivity contribution in [3.8, 4) is 0 Å². The second kappa shape index (κ2) is 10.8. The molecule has 1 saturated heterocycles. The molecule has 150 valence electrons. The van der Waals surface area contributed by atoms with Crippen LogP contribution in [-0.4, -0.2) is 50.9 Å². The van der Waals surface area contributed by atoms with Gasteiger partial charge in [-0.15, -0.1) is 0 Å². The molecule has 1 fully saturated rings. The van der Waals surface area contributed by atoms with Crippen LogP contribution < -0.4 is 10.6 Å². The summed E-state index contributed by atoms with van der Waals surface area (Å²) in [5, 5.41) is 6.12. The molecule has 0 saturated carbocycles. The maximum absolute atomic E-state index is 12.6. The van der Waals surface area contributed by atoms with Crippen molar-refractivity contribution < 1.29 is 14.3 Å². The minimum atomic E-state index is -0.172. The van der Waals surface area contributed by atoms with Crippen LogP contribution in [0, 0.1) is 0 Å². The van der Waals surface area contributed by atoms with E-state index in [-0.39, 0.29) is 12.1 Å². The second-order valence-corrected chi connectivity index (χ2v) is 6.90. The Labute approximate surface area is 166 Å². The fourth-order valence-electron chi connectivity index (χ4n) is 3.37. The Balaban J connectivity index is 1.61. The highest BCUT2D eigenvalue weighted by molar-refractivity contribution is 5.74. The summed E-state index contributed by atoms with van der Waals surface area (Å²) in [6.45, 7) is 5.01. The molecule has 2 N–H and O–H groups in total. The third-order valence-electron chi connectivity index (χ3n) is 4.91. The number of carbonyl (C=O) groups excluding carboxylic acids is 1. The normalized spacial score (nSPS) is 15.8. The third-order valence-corrected chi connectivity index (χ3v) is 4.91. The lowest BCUT2D eigenvalue weighted by Gasteiger charge is -2.31. The average molecular weight is 383 g/mol. The summed E-state index contributed by atoms with van der Waals surface area (Å²) in [6.07, 6.45) is 0. The van der Waals surface area contributed by atoms with Crippen LogP contribution >= 0.6 is 0 Å². The summed E-state index contributed by atoms with van der Waals surface area (Å²) in [5.41, 5.74) is 3.24. The molecule has 2 amide bonds. The van der Waals surface area contributed by atoms with E-state index in [4.69, 9.17) is 9.47 Å². The molecule has 1 unspecified atom stereocenters. The maximum Gasteiger partial charge on any atom is 0.315 e. The molecule has 0 radical (unpaired) electrons. The van der Waals surface area contributed by atoms with Gasteiger partial charge in [-0.3, -0.25) is 4.90 Å². The number of amides is 2. The Bertz CT molecular complexity index is 733. The van der Waals surface area contributed by atoms with Gasteiger partial charge < -0.3 is 20.1 Å². The molecule has 3 rings (SSSR count). The zero-order valence-corrected chi connectivity index (χ0v) is 16.4. The first-order chi connectivity index (χ1) is 13.8. The molecule has 1 aliphatic rings. The fraction of sp³-hybridized carbons (Fsp3) is 0.409. The summed E-state index contributed by atoms with van der Waals surface area (Å²) in [6, 6.07) is 17.8. The Morgan fingerprint density at radius 3 is 2.46 bits per heavy atom. The van der Waals surface area contributed by atoms with Crippen molar-refractivity contribution in [2.24, 2.45) is 0 Å². The predicted octanol–water partition coefficient (Wildman–Crippen LogP) is 2.71. The molecule has 6 heteroatoms. The molecular formula is C22H29N3O3. The van der Waals surface area contributed by atoms with Gasteiger partial charge in [-0.05, 0) is 16.7 Å². The standard InChI is InChI=1S/C22H29N3O3/c1-27-17-20-10-6-5-9-19(20)15-23-22(26)24-21(18-7-3-2-4-8-18)16-25-11-13-28-14-12-25/h2-10,21H,11-17H2,1H3,(H2,23,24,26). The minimum Gasteiger partial charge on any atom is -0.380 e. The molecule has 0 bridgehead atoms. The lowest BCUT2D eigenvalue weighted by molar-refractivity contribution is 0.0339. The smallest absolute Gasteiger partial charge is 0.315 e. The Kier molecular flexibility index (Phi) is 7.84. The van der Waals surface area contributed by atoms with Gasteiger partial charge in [0.1, 0.15) is 0 Å². The topological polar surface area (TPSA) is 62.8 Å². The van der Waals surface area contributed by atoms with Gasteiger partial charge >= 0.3 is 6.03 Å². The van der Waals surface area contributed by atoms with Crippen LogP contribution in [0.1, 0.15) is 22.7 Å². The molecule has 6 nitrogen and oxygen atoms in total. The summed E-state index contributed by atoms with van der Waals surface area (Å²) in [4.78, 5) is 14.9. The van der Waals surface area contributed by atoms with Crippen LogP contribution in [0.15, 0.2) is 54.6 Å². The maximum atomic E-state index is 12.6. The number of methoxy groups -OCH3 is 1. The number of carbonyl (C=O) groups is 1. The van der Waals surface area contributed by atoms with E-state index in [1.807, 2.05) is 42.5 Å². The highest BCUT2D eigenvalue weighted by atomic mass is 16.5. The first-order valence-corrected chi connectivity index (χ1v) is 9.71. The summed E-state index contributed by atoms with van der Waals surface area (Å²) < 4.78 is 10.7. The highest BCUT2D eigenvalue weighted by Crippen LogP contribution is 2.15. The van der Waals surface area contributed by atoms with Crippen LogP contribution in [0.4, 0.5) is 4.79 Å². The van der Waals surface area contributed by atoms with E-state index >= 15 is 0 Å². The van der Waals surface area contributed by atoms with Gasteiger partial charge in [-0.2, -0.15) is 0 Å². The number of hydrogen-bond donors (Lipinski definition) is 2. The van der Waals surface area contributed by atoms with E-state index in [2.05, 4.69) is 27.7 Å². The summed E-state index contributed by atoms with van der Waals surface area (Å²) in [5.74, 6) is 0. The molecule has 1 heterocycles. The van der Waals surface area contributed by atoms with E-state index in [9.17, 15) is 4.79 Å².